The second-order valence-corrected chi connectivity index (χ2v) is 4.92. The molecule has 0 aliphatic heterocycles. The molecule has 7 heteroatoms. The van der Waals surface area contributed by atoms with Crippen LogP contribution in [-0.4, -0.2) is 22.0 Å². The standard InChI is InChI=1S/C13H15ClN4OS/c1-18-12(11(14)7-16-18)8-15-13(20)17-9-4-3-5-10(6-9)19-2/h3-7H,8H2,1-2H3,(H2,15,17,20). The van der Waals surface area contributed by atoms with Gasteiger partial charge in [-0.1, -0.05) is 17.7 Å². The molecule has 0 aliphatic carbocycles. The van der Waals surface area contributed by atoms with Crippen LogP contribution in [0.1, 0.15) is 5.69 Å². The number of nitrogens with zero attached hydrogens (tertiary/aromatic N) is 2. The van der Waals surface area contributed by atoms with Crippen molar-refractivity contribution >= 4 is 34.6 Å². The quantitative estimate of drug-likeness (QED) is 0.850. The summed E-state index contributed by atoms with van der Waals surface area (Å²) in [4.78, 5) is 0. The first-order valence-electron chi connectivity index (χ1n) is 5.95. The van der Waals surface area contributed by atoms with Gasteiger partial charge in [0.1, 0.15) is 5.75 Å². The summed E-state index contributed by atoms with van der Waals surface area (Å²) in [5.41, 5.74) is 1.74. The third kappa shape index (κ3) is 3.61. The predicted molar refractivity (Wildman–Crippen MR) is 84.3 cm³/mol. The molecule has 0 saturated heterocycles. The van der Waals surface area contributed by atoms with Crippen LogP contribution in [0.15, 0.2) is 30.5 Å². The van der Waals surface area contributed by atoms with E-state index >= 15 is 0 Å². The maximum Gasteiger partial charge on any atom is 0.171 e. The van der Waals surface area contributed by atoms with Crippen LogP contribution in [0.25, 0.3) is 0 Å². The number of aryl methyl sites for hydroxylation is 1. The van der Waals surface area contributed by atoms with Crippen LogP contribution in [-0.2, 0) is 13.6 Å². The molecule has 0 aliphatic rings. The first-order chi connectivity index (χ1) is 9.60. The third-order valence-electron chi connectivity index (χ3n) is 2.75. The fourth-order valence-corrected chi connectivity index (χ4v) is 2.10. The Bertz CT molecular complexity index is 595. The van der Waals surface area contributed by atoms with E-state index in [9.17, 15) is 0 Å². The van der Waals surface area contributed by atoms with E-state index in [0.29, 0.717) is 16.7 Å². The van der Waals surface area contributed by atoms with E-state index in [-0.39, 0.29) is 0 Å². The Morgan fingerprint density at radius 3 is 2.95 bits per heavy atom. The molecule has 20 heavy (non-hydrogen) atoms. The zero-order chi connectivity index (χ0) is 14.5. The summed E-state index contributed by atoms with van der Waals surface area (Å²) in [6.07, 6.45) is 1.61. The number of anilines is 1. The van der Waals surface area contributed by atoms with Crippen molar-refractivity contribution in [2.75, 3.05) is 12.4 Å². The summed E-state index contributed by atoms with van der Waals surface area (Å²) < 4.78 is 6.87. The molecule has 0 bridgehead atoms. The minimum Gasteiger partial charge on any atom is -0.497 e. The normalized spacial score (nSPS) is 10.2. The van der Waals surface area contributed by atoms with Gasteiger partial charge in [-0.15, -0.1) is 0 Å². The van der Waals surface area contributed by atoms with Gasteiger partial charge in [-0.25, -0.2) is 0 Å². The highest BCUT2D eigenvalue weighted by atomic mass is 35.5. The van der Waals surface area contributed by atoms with Crippen LogP contribution < -0.4 is 15.4 Å². The number of rotatable bonds is 4. The number of halogens is 1. The minimum atomic E-state index is 0.505. The summed E-state index contributed by atoms with van der Waals surface area (Å²) in [6, 6.07) is 7.54. The van der Waals surface area contributed by atoms with E-state index in [0.717, 1.165) is 17.1 Å². The lowest BCUT2D eigenvalue weighted by atomic mass is 10.3. The Hall–Kier alpha value is -1.79. The van der Waals surface area contributed by atoms with Gasteiger partial charge >= 0.3 is 0 Å². The van der Waals surface area contributed by atoms with Crippen LogP contribution in [0.4, 0.5) is 5.69 Å². The molecule has 0 unspecified atom stereocenters. The van der Waals surface area contributed by atoms with Crippen molar-refractivity contribution in [1.82, 2.24) is 15.1 Å². The van der Waals surface area contributed by atoms with Gasteiger partial charge in [0.2, 0.25) is 0 Å². The summed E-state index contributed by atoms with van der Waals surface area (Å²) in [7, 11) is 3.46. The summed E-state index contributed by atoms with van der Waals surface area (Å²) >= 11 is 11.3. The van der Waals surface area contributed by atoms with E-state index < -0.39 is 0 Å². The van der Waals surface area contributed by atoms with E-state index in [1.807, 2.05) is 31.3 Å². The Labute approximate surface area is 127 Å². The molecule has 2 aromatic rings. The maximum atomic E-state index is 6.02. The molecule has 0 amide bonds. The molecule has 1 aromatic carbocycles. The molecular weight excluding hydrogens is 296 g/mol. The molecular formula is C13H15ClN4OS. The lowest BCUT2D eigenvalue weighted by Crippen LogP contribution is -2.28. The molecule has 0 radical (unpaired) electrons. The fourth-order valence-electron chi connectivity index (χ4n) is 1.68. The van der Waals surface area contributed by atoms with Gasteiger partial charge in [0.05, 0.1) is 30.6 Å². The van der Waals surface area contributed by atoms with Crippen LogP contribution in [0.2, 0.25) is 5.02 Å². The highest BCUT2D eigenvalue weighted by Gasteiger charge is 2.07. The van der Waals surface area contributed by atoms with E-state index in [2.05, 4.69) is 15.7 Å². The topological polar surface area (TPSA) is 51.1 Å². The smallest absolute Gasteiger partial charge is 0.171 e. The van der Waals surface area contributed by atoms with Crippen LogP contribution in [0.3, 0.4) is 0 Å². The third-order valence-corrected chi connectivity index (χ3v) is 3.32. The Balaban J connectivity index is 1.92. The molecule has 0 spiro atoms. The summed E-state index contributed by atoms with van der Waals surface area (Å²) in [6.45, 7) is 0.505. The van der Waals surface area contributed by atoms with Crippen LogP contribution in [0.5, 0.6) is 5.75 Å². The molecule has 2 rings (SSSR count). The predicted octanol–water partition coefficient (Wildman–Crippen LogP) is 2.57. The van der Waals surface area contributed by atoms with Crippen molar-refractivity contribution in [2.45, 2.75) is 6.54 Å². The average Bonchev–Trinajstić information content (AvgIpc) is 2.76. The van der Waals surface area contributed by atoms with Gasteiger partial charge in [0.25, 0.3) is 0 Å². The van der Waals surface area contributed by atoms with Gasteiger partial charge in [0, 0.05) is 18.8 Å². The Morgan fingerprint density at radius 2 is 2.30 bits per heavy atom. The van der Waals surface area contributed by atoms with E-state index in [4.69, 9.17) is 28.6 Å². The molecule has 2 N–H and O–H groups in total. The highest BCUT2D eigenvalue weighted by Crippen LogP contribution is 2.17. The first kappa shape index (κ1) is 14.6. The van der Waals surface area contributed by atoms with Crippen molar-refractivity contribution in [1.29, 1.82) is 0 Å². The van der Waals surface area contributed by atoms with Gasteiger partial charge in [-0.3, -0.25) is 4.68 Å². The van der Waals surface area contributed by atoms with Crippen molar-refractivity contribution in [3.8, 4) is 5.75 Å². The summed E-state index contributed by atoms with van der Waals surface area (Å²) in [5.74, 6) is 0.771. The van der Waals surface area contributed by atoms with E-state index in [1.165, 1.54) is 0 Å². The second-order valence-electron chi connectivity index (χ2n) is 4.10. The van der Waals surface area contributed by atoms with Gasteiger partial charge in [-0.05, 0) is 24.4 Å². The van der Waals surface area contributed by atoms with Crippen molar-refractivity contribution in [2.24, 2.45) is 7.05 Å². The van der Waals surface area contributed by atoms with Gasteiger partial charge in [-0.2, -0.15) is 5.10 Å². The van der Waals surface area contributed by atoms with Crippen molar-refractivity contribution < 1.29 is 4.74 Å². The number of methoxy groups -OCH3 is 1. The molecule has 0 atom stereocenters. The first-order valence-corrected chi connectivity index (χ1v) is 6.74. The number of benzene rings is 1. The van der Waals surface area contributed by atoms with Crippen LogP contribution in [0, 0.1) is 0 Å². The molecule has 0 fully saturated rings. The maximum absolute atomic E-state index is 6.02. The summed E-state index contributed by atoms with van der Waals surface area (Å²) in [5, 5.41) is 11.4. The number of hydrogen-bond acceptors (Lipinski definition) is 3. The zero-order valence-corrected chi connectivity index (χ0v) is 12.8. The molecule has 0 saturated carbocycles. The SMILES string of the molecule is COc1cccc(NC(=S)NCc2c(Cl)cnn2C)c1. The van der Waals surface area contributed by atoms with E-state index in [1.54, 1.807) is 18.0 Å². The Kier molecular flexibility index (Phi) is 4.81. The lowest BCUT2D eigenvalue weighted by molar-refractivity contribution is 0.415. The fraction of sp³-hybridized carbons (Fsp3) is 0.231. The number of aromatic nitrogens is 2. The zero-order valence-electron chi connectivity index (χ0n) is 11.2. The average molecular weight is 311 g/mol. The van der Waals surface area contributed by atoms with Gasteiger partial charge in [0.15, 0.2) is 5.11 Å². The molecule has 106 valence electrons. The number of thiocarbonyl (C=S) groups is 1. The largest absolute Gasteiger partial charge is 0.497 e. The van der Waals surface area contributed by atoms with Gasteiger partial charge < -0.3 is 15.4 Å². The molecule has 1 aromatic heterocycles. The number of hydrogen-bond donors (Lipinski definition) is 2. The lowest BCUT2D eigenvalue weighted by Gasteiger charge is -2.11. The second kappa shape index (κ2) is 6.58. The van der Waals surface area contributed by atoms with Crippen LogP contribution >= 0.6 is 23.8 Å². The molecule has 5 nitrogen and oxygen atoms in total. The minimum absolute atomic E-state index is 0.505. The molecule has 1 heterocycles. The monoisotopic (exact) mass is 310 g/mol. The van der Waals surface area contributed by atoms with Crippen molar-refractivity contribution in [3.05, 3.63) is 41.2 Å². The Morgan fingerprint density at radius 1 is 1.50 bits per heavy atom. The number of nitrogens with one attached hydrogen (secondary N) is 2. The number of ether oxygens (including phenoxy) is 1. The van der Waals surface area contributed by atoms with Crippen molar-refractivity contribution in [3.63, 3.8) is 0 Å². The highest BCUT2D eigenvalue weighted by molar-refractivity contribution is 7.80.